The molecule has 0 atom stereocenters. The van der Waals surface area contributed by atoms with Gasteiger partial charge in [0.2, 0.25) is 0 Å². The van der Waals surface area contributed by atoms with Crippen LogP contribution in [-0.4, -0.2) is 36.1 Å². The number of fused-ring (bicyclic) bond motifs is 1. The van der Waals surface area contributed by atoms with Crippen LogP contribution in [0.2, 0.25) is 0 Å². The quantitative estimate of drug-likeness (QED) is 0.703. The van der Waals surface area contributed by atoms with Gasteiger partial charge in [0, 0.05) is 38.4 Å². The number of carbonyl (C=O) groups excluding carboxylic acids is 1. The van der Waals surface area contributed by atoms with Crippen LogP contribution < -0.4 is 10.2 Å². The molecule has 0 aliphatic rings. The van der Waals surface area contributed by atoms with Gasteiger partial charge in [-0.3, -0.25) is 4.79 Å². The number of aromatic nitrogens is 2. The molecule has 0 aliphatic heterocycles. The van der Waals surface area contributed by atoms with E-state index in [0.717, 1.165) is 35.5 Å². The van der Waals surface area contributed by atoms with E-state index in [-0.39, 0.29) is 5.91 Å². The van der Waals surface area contributed by atoms with E-state index in [1.807, 2.05) is 68.4 Å². The molecule has 0 unspecified atom stereocenters. The minimum atomic E-state index is -0.0316. The maximum atomic E-state index is 12.3. The van der Waals surface area contributed by atoms with Gasteiger partial charge in [-0.2, -0.15) is 0 Å². The smallest absolute Gasteiger partial charge is 0.251 e. The van der Waals surface area contributed by atoms with Gasteiger partial charge in [-0.15, -0.1) is 0 Å². The molecule has 25 heavy (non-hydrogen) atoms. The molecule has 5 nitrogen and oxygen atoms in total. The van der Waals surface area contributed by atoms with Crippen LogP contribution in [0.4, 0.5) is 5.69 Å². The predicted molar refractivity (Wildman–Crippen MR) is 102 cm³/mol. The zero-order valence-corrected chi connectivity index (χ0v) is 15.0. The molecule has 3 rings (SSSR count). The molecule has 0 saturated carbocycles. The molecule has 0 aliphatic carbocycles. The number of rotatable bonds is 6. The molecule has 0 spiro atoms. The summed E-state index contributed by atoms with van der Waals surface area (Å²) >= 11 is 0. The Balaban J connectivity index is 1.57. The van der Waals surface area contributed by atoms with Crippen molar-refractivity contribution in [2.45, 2.75) is 19.9 Å². The first kappa shape index (κ1) is 17.0. The average Bonchev–Trinajstić information content (AvgIpc) is 2.94. The summed E-state index contributed by atoms with van der Waals surface area (Å²) in [4.78, 5) is 18.9. The minimum absolute atomic E-state index is 0.0316. The number of benzene rings is 2. The summed E-state index contributed by atoms with van der Waals surface area (Å²) in [5, 5.41) is 3.00. The highest BCUT2D eigenvalue weighted by Gasteiger charge is 2.08. The number of carbonyl (C=O) groups is 1. The molecular formula is C20H24N4O. The van der Waals surface area contributed by atoms with Crippen LogP contribution in [0.25, 0.3) is 11.0 Å². The highest BCUT2D eigenvalue weighted by molar-refractivity contribution is 5.95. The predicted octanol–water partition coefficient (Wildman–Crippen LogP) is 3.23. The average molecular weight is 336 g/mol. The molecule has 0 bridgehead atoms. The Kier molecular flexibility index (Phi) is 5.03. The monoisotopic (exact) mass is 336 g/mol. The zero-order chi connectivity index (χ0) is 17.8. The number of hydrogen-bond acceptors (Lipinski definition) is 3. The lowest BCUT2D eigenvalue weighted by Crippen LogP contribution is -2.25. The van der Waals surface area contributed by atoms with Crippen LogP contribution in [0.15, 0.2) is 48.5 Å². The number of imidazole rings is 1. The van der Waals surface area contributed by atoms with Crippen molar-refractivity contribution in [1.82, 2.24) is 14.9 Å². The van der Waals surface area contributed by atoms with Crippen LogP contribution >= 0.6 is 0 Å². The summed E-state index contributed by atoms with van der Waals surface area (Å²) in [6.45, 7) is 3.49. The van der Waals surface area contributed by atoms with Gasteiger partial charge in [-0.05, 0) is 43.7 Å². The van der Waals surface area contributed by atoms with Crippen molar-refractivity contribution >= 4 is 22.6 Å². The third kappa shape index (κ3) is 3.82. The number of aryl methyl sites for hydroxylation is 2. The Morgan fingerprint density at radius 2 is 1.96 bits per heavy atom. The lowest BCUT2D eigenvalue weighted by molar-refractivity contribution is 0.0953. The second kappa shape index (κ2) is 7.38. The molecule has 1 heterocycles. The summed E-state index contributed by atoms with van der Waals surface area (Å²) in [5.41, 5.74) is 3.87. The van der Waals surface area contributed by atoms with Crippen LogP contribution in [0.3, 0.4) is 0 Å². The maximum absolute atomic E-state index is 12.3. The first-order chi connectivity index (χ1) is 12.1. The van der Waals surface area contributed by atoms with Gasteiger partial charge in [0.15, 0.2) is 0 Å². The van der Waals surface area contributed by atoms with Crippen LogP contribution in [0.1, 0.15) is 22.6 Å². The van der Waals surface area contributed by atoms with E-state index in [1.165, 1.54) is 0 Å². The number of amides is 1. The lowest BCUT2D eigenvalue weighted by atomic mass is 10.2. The largest absolute Gasteiger partial charge is 0.378 e. The van der Waals surface area contributed by atoms with Crippen LogP contribution in [-0.2, 0) is 6.54 Å². The third-order valence-electron chi connectivity index (χ3n) is 4.31. The molecule has 130 valence electrons. The van der Waals surface area contributed by atoms with Gasteiger partial charge in [0.25, 0.3) is 5.91 Å². The van der Waals surface area contributed by atoms with Gasteiger partial charge >= 0.3 is 0 Å². The molecular weight excluding hydrogens is 312 g/mol. The molecule has 1 N–H and O–H groups in total. The maximum Gasteiger partial charge on any atom is 0.251 e. The number of nitrogens with zero attached hydrogens (tertiary/aromatic N) is 3. The van der Waals surface area contributed by atoms with Crippen molar-refractivity contribution in [2.24, 2.45) is 0 Å². The molecule has 0 radical (unpaired) electrons. The van der Waals surface area contributed by atoms with Gasteiger partial charge < -0.3 is 14.8 Å². The van der Waals surface area contributed by atoms with Crippen molar-refractivity contribution in [3.8, 4) is 0 Å². The highest BCUT2D eigenvalue weighted by Crippen LogP contribution is 2.16. The van der Waals surface area contributed by atoms with Crippen molar-refractivity contribution < 1.29 is 4.79 Å². The van der Waals surface area contributed by atoms with E-state index in [2.05, 4.69) is 20.9 Å². The van der Waals surface area contributed by atoms with E-state index < -0.39 is 0 Å². The molecule has 0 saturated heterocycles. The Bertz CT molecular complexity index is 882. The van der Waals surface area contributed by atoms with E-state index in [4.69, 9.17) is 0 Å². The molecule has 5 heteroatoms. The fourth-order valence-electron chi connectivity index (χ4n) is 2.94. The van der Waals surface area contributed by atoms with Crippen molar-refractivity contribution in [3.63, 3.8) is 0 Å². The zero-order valence-electron chi connectivity index (χ0n) is 15.0. The van der Waals surface area contributed by atoms with Crippen molar-refractivity contribution in [3.05, 3.63) is 59.9 Å². The van der Waals surface area contributed by atoms with Gasteiger partial charge in [0.1, 0.15) is 5.82 Å². The highest BCUT2D eigenvalue weighted by atomic mass is 16.1. The summed E-state index contributed by atoms with van der Waals surface area (Å²) < 4.78 is 2.20. The molecule has 1 aromatic heterocycles. The number of para-hydroxylation sites is 2. The first-order valence-electron chi connectivity index (χ1n) is 8.54. The van der Waals surface area contributed by atoms with Crippen molar-refractivity contribution in [1.29, 1.82) is 0 Å². The Morgan fingerprint density at radius 3 is 2.76 bits per heavy atom. The Labute approximate surface area is 148 Å². The van der Waals surface area contributed by atoms with Crippen LogP contribution in [0.5, 0.6) is 0 Å². The van der Waals surface area contributed by atoms with Gasteiger partial charge in [0.05, 0.1) is 11.0 Å². The minimum Gasteiger partial charge on any atom is -0.378 e. The first-order valence-corrected chi connectivity index (χ1v) is 8.54. The summed E-state index contributed by atoms with van der Waals surface area (Å²) in [6.07, 6.45) is 0.861. The van der Waals surface area contributed by atoms with E-state index in [1.54, 1.807) is 0 Å². The normalized spacial score (nSPS) is 10.8. The summed E-state index contributed by atoms with van der Waals surface area (Å²) in [7, 11) is 3.93. The topological polar surface area (TPSA) is 50.2 Å². The second-order valence-electron chi connectivity index (χ2n) is 6.35. The SMILES string of the molecule is Cc1nc2ccccc2n1CCCNC(=O)c1cccc(N(C)C)c1. The fourth-order valence-corrected chi connectivity index (χ4v) is 2.94. The number of hydrogen-bond donors (Lipinski definition) is 1. The van der Waals surface area contributed by atoms with Gasteiger partial charge in [-0.25, -0.2) is 4.98 Å². The summed E-state index contributed by atoms with van der Waals surface area (Å²) in [5.74, 6) is 0.974. The molecule has 2 aromatic carbocycles. The lowest BCUT2D eigenvalue weighted by Gasteiger charge is -2.13. The fraction of sp³-hybridized carbons (Fsp3) is 0.300. The van der Waals surface area contributed by atoms with Crippen LogP contribution in [0, 0.1) is 6.92 Å². The van der Waals surface area contributed by atoms with E-state index in [0.29, 0.717) is 12.1 Å². The Morgan fingerprint density at radius 1 is 1.16 bits per heavy atom. The standard InChI is InChI=1S/C20H24N4O/c1-15-22-18-10-4-5-11-19(18)24(15)13-7-12-21-20(25)16-8-6-9-17(14-16)23(2)3/h4-6,8-11,14H,7,12-13H2,1-3H3,(H,21,25). The van der Waals surface area contributed by atoms with Gasteiger partial charge in [-0.1, -0.05) is 18.2 Å². The second-order valence-corrected chi connectivity index (χ2v) is 6.35. The third-order valence-corrected chi connectivity index (χ3v) is 4.31. The molecule has 0 fully saturated rings. The van der Waals surface area contributed by atoms with E-state index in [9.17, 15) is 4.79 Å². The summed E-state index contributed by atoms with van der Waals surface area (Å²) in [6, 6.07) is 15.8. The van der Waals surface area contributed by atoms with Crippen molar-refractivity contribution in [2.75, 3.05) is 25.5 Å². The molecule has 3 aromatic rings. The number of anilines is 1. The molecule has 1 amide bonds. The van der Waals surface area contributed by atoms with E-state index >= 15 is 0 Å². The Hall–Kier alpha value is -2.82. The number of nitrogens with one attached hydrogen (secondary N) is 1.